The molecule has 1 aromatic rings. The van der Waals surface area contributed by atoms with Crippen molar-refractivity contribution in [2.45, 2.75) is 19.0 Å². The molecule has 1 atom stereocenters. The Morgan fingerprint density at radius 2 is 2.16 bits per heavy atom. The fourth-order valence-electron chi connectivity index (χ4n) is 2.26. The average molecular weight is 293 g/mol. The van der Waals surface area contributed by atoms with E-state index in [2.05, 4.69) is 10.6 Å². The fourth-order valence-corrected chi connectivity index (χ4v) is 2.43. The molecule has 0 spiro atoms. The van der Waals surface area contributed by atoms with Gasteiger partial charge in [-0.1, -0.05) is 11.6 Å². The van der Waals surface area contributed by atoms with Gasteiger partial charge in [-0.15, -0.1) is 0 Å². The SMILES string of the molecule is FC(F)(F)c1cc(Cl)ccc1NCC1CCCNC1. The molecule has 0 saturated carbocycles. The van der Waals surface area contributed by atoms with E-state index < -0.39 is 11.7 Å². The van der Waals surface area contributed by atoms with Gasteiger partial charge in [-0.05, 0) is 50.0 Å². The molecular formula is C13H16ClF3N2. The van der Waals surface area contributed by atoms with E-state index in [1.807, 2.05) is 0 Å². The van der Waals surface area contributed by atoms with E-state index in [0.29, 0.717) is 12.5 Å². The third-order valence-corrected chi connectivity index (χ3v) is 3.50. The van der Waals surface area contributed by atoms with E-state index >= 15 is 0 Å². The van der Waals surface area contributed by atoms with Crippen LogP contribution in [-0.4, -0.2) is 19.6 Å². The molecule has 1 fully saturated rings. The Bertz CT molecular complexity index is 428. The van der Waals surface area contributed by atoms with E-state index in [-0.39, 0.29) is 10.7 Å². The average Bonchev–Trinajstić information content (AvgIpc) is 2.37. The van der Waals surface area contributed by atoms with Crippen LogP contribution in [0, 0.1) is 5.92 Å². The quantitative estimate of drug-likeness (QED) is 0.886. The minimum absolute atomic E-state index is 0.0946. The van der Waals surface area contributed by atoms with E-state index in [1.165, 1.54) is 12.1 Å². The van der Waals surface area contributed by atoms with Gasteiger partial charge in [0, 0.05) is 17.3 Å². The van der Waals surface area contributed by atoms with Gasteiger partial charge in [-0.2, -0.15) is 13.2 Å². The van der Waals surface area contributed by atoms with Crippen molar-refractivity contribution in [1.29, 1.82) is 0 Å². The van der Waals surface area contributed by atoms with Crippen LogP contribution in [0.4, 0.5) is 18.9 Å². The zero-order valence-corrected chi connectivity index (χ0v) is 11.1. The molecule has 1 aromatic carbocycles. The van der Waals surface area contributed by atoms with Crippen LogP contribution in [0.3, 0.4) is 0 Å². The Hall–Kier alpha value is -0.940. The number of nitrogens with one attached hydrogen (secondary N) is 2. The van der Waals surface area contributed by atoms with Crippen LogP contribution < -0.4 is 10.6 Å². The molecule has 0 aliphatic carbocycles. The lowest BCUT2D eigenvalue weighted by Gasteiger charge is -2.24. The van der Waals surface area contributed by atoms with Gasteiger partial charge in [-0.3, -0.25) is 0 Å². The lowest BCUT2D eigenvalue weighted by Crippen LogP contribution is -2.33. The van der Waals surface area contributed by atoms with Crippen LogP contribution in [0.2, 0.25) is 5.02 Å². The van der Waals surface area contributed by atoms with Crippen LogP contribution >= 0.6 is 11.6 Å². The van der Waals surface area contributed by atoms with Crippen molar-refractivity contribution in [3.63, 3.8) is 0 Å². The van der Waals surface area contributed by atoms with E-state index in [9.17, 15) is 13.2 Å². The molecule has 0 amide bonds. The number of benzene rings is 1. The molecule has 106 valence electrons. The van der Waals surface area contributed by atoms with Crippen LogP contribution in [-0.2, 0) is 6.18 Å². The molecule has 1 heterocycles. The molecule has 1 unspecified atom stereocenters. The number of piperidine rings is 1. The summed E-state index contributed by atoms with van der Waals surface area (Å²) in [5.74, 6) is 0.366. The number of rotatable bonds is 3. The molecule has 1 aliphatic heterocycles. The smallest absolute Gasteiger partial charge is 0.384 e. The summed E-state index contributed by atoms with van der Waals surface area (Å²) in [7, 11) is 0. The maximum Gasteiger partial charge on any atom is 0.418 e. The van der Waals surface area contributed by atoms with Crippen LogP contribution in [0.25, 0.3) is 0 Å². The van der Waals surface area contributed by atoms with Crippen molar-refractivity contribution in [2.75, 3.05) is 25.0 Å². The van der Waals surface area contributed by atoms with E-state index in [0.717, 1.165) is 32.0 Å². The maximum absolute atomic E-state index is 12.9. The van der Waals surface area contributed by atoms with Gasteiger partial charge in [0.05, 0.1) is 5.56 Å². The molecule has 0 radical (unpaired) electrons. The van der Waals surface area contributed by atoms with Crippen LogP contribution in [0.1, 0.15) is 18.4 Å². The molecule has 0 aromatic heterocycles. The van der Waals surface area contributed by atoms with Gasteiger partial charge in [-0.25, -0.2) is 0 Å². The molecule has 1 saturated heterocycles. The van der Waals surface area contributed by atoms with Crippen molar-refractivity contribution in [1.82, 2.24) is 5.32 Å². The van der Waals surface area contributed by atoms with Gasteiger partial charge in [0.1, 0.15) is 0 Å². The van der Waals surface area contributed by atoms with Gasteiger partial charge >= 0.3 is 6.18 Å². The topological polar surface area (TPSA) is 24.1 Å². The highest BCUT2D eigenvalue weighted by molar-refractivity contribution is 6.30. The summed E-state index contributed by atoms with van der Waals surface area (Å²) in [6.07, 6.45) is -2.29. The summed E-state index contributed by atoms with van der Waals surface area (Å²) in [5, 5.41) is 6.23. The highest BCUT2D eigenvalue weighted by atomic mass is 35.5. The third kappa shape index (κ3) is 4.01. The van der Waals surface area contributed by atoms with Crippen LogP contribution in [0.15, 0.2) is 18.2 Å². The molecule has 2 nitrogen and oxygen atoms in total. The molecule has 2 N–H and O–H groups in total. The fraction of sp³-hybridized carbons (Fsp3) is 0.538. The Labute approximate surface area is 115 Å². The standard InChI is InChI=1S/C13H16ClF3N2/c14-10-3-4-12(11(6-10)13(15,16)17)19-8-9-2-1-5-18-7-9/h3-4,6,9,18-19H,1-2,5,7-8H2. The molecular weight excluding hydrogens is 277 g/mol. The summed E-state index contributed by atoms with van der Waals surface area (Å²) in [6, 6.07) is 3.82. The highest BCUT2D eigenvalue weighted by Crippen LogP contribution is 2.36. The van der Waals surface area contributed by atoms with Gasteiger partial charge in [0.2, 0.25) is 0 Å². The lowest BCUT2D eigenvalue weighted by atomic mass is 9.99. The van der Waals surface area contributed by atoms with Crippen molar-refractivity contribution in [3.05, 3.63) is 28.8 Å². The number of alkyl halides is 3. The zero-order chi connectivity index (χ0) is 13.9. The van der Waals surface area contributed by atoms with Crippen molar-refractivity contribution < 1.29 is 13.2 Å². The Morgan fingerprint density at radius 1 is 1.37 bits per heavy atom. The minimum atomic E-state index is -4.39. The molecule has 19 heavy (non-hydrogen) atoms. The molecule has 2 rings (SSSR count). The number of hydrogen-bond acceptors (Lipinski definition) is 2. The molecule has 1 aliphatic rings. The second-order valence-corrected chi connectivity index (χ2v) is 5.22. The van der Waals surface area contributed by atoms with Gasteiger partial charge in [0.15, 0.2) is 0 Å². The first kappa shape index (κ1) is 14.5. The van der Waals surface area contributed by atoms with Crippen molar-refractivity contribution in [2.24, 2.45) is 5.92 Å². The predicted molar refractivity (Wildman–Crippen MR) is 70.5 cm³/mol. The summed E-state index contributed by atoms with van der Waals surface area (Å²) in [5.41, 5.74) is -0.605. The van der Waals surface area contributed by atoms with Gasteiger partial charge < -0.3 is 10.6 Å². The number of anilines is 1. The first-order valence-corrected chi connectivity index (χ1v) is 6.66. The predicted octanol–water partition coefficient (Wildman–Crippen LogP) is 3.77. The minimum Gasteiger partial charge on any atom is -0.384 e. The maximum atomic E-state index is 12.9. The second kappa shape index (κ2) is 6.01. The lowest BCUT2D eigenvalue weighted by molar-refractivity contribution is -0.136. The summed E-state index contributed by atoms with van der Waals surface area (Å²) < 4.78 is 38.6. The summed E-state index contributed by atoms with van der Waals surface area (Å²) in [6.45, 7) is 2.38. The van der Waals surface area contributed by atoms with E-state index in [4.69, 9.17) is 11.6 Å². The monoisotopic (exact) mass is 292 g/mol. The largest absolute Gasteiger partial charge is 0.418 e. The van der Waals surface area contributed by atoms with Crippen molar-refractivity contribution in [3.8, 4) is 0 Å². The number of halogens is 4. The summed E-state index contributed by atoms with van der Waals surface area (Å²) in [4.78, 5) is 0. The second-order valence-electron chi connectivity index (χ2n) is 4.78. The van der Waals surface area contributed by atoms with Crippen molar-refractivity contribution >= 4 is 17.3 Å². The Morgan fingerprint density at radius 3 is 2.79 bits per heavy atom. The van der Waals surface area contributed by atoms with Gasteiger partial charge in [0.25, 0.3) is 0 Å². The Balaban J connectivity index is 2.06. The van der Waals surface area contributed by atoms with E-state index in [1.54, 1.807) is 0 Å². The summed E-state index contributed by atoms with van der Waals surface area (Å²) >= 11 is 5.63. The zero-order valence-electron chi connectivity index (χ0n) is 10.4. The molecule has 0 bridgehead atoms. The van der Waals surface area contributed by atoms with Crippen LogP contribution in [0.5, 0.6) is 0 Å². The first-order chi connectivity index (χ1) is 8.97. The highest BCUT2D eigenvalue weighted by Gasteiger charge is 2.33. The Kier molecular flexibility index (Phi) is 4.58. The molecule has 6 heteroatoms. The number of hydrogen-bond donors (Lipinski definition) is 2. The normalized spacial score (nSPS) is 20.3. The third-order valence-electron chi connectivity index (χ3n) is 3.27. The first-order valence-electron chi connectivity index (χ1n) is 6.28.